The fraction of sp³-hybridized carbons (Fsp3) is 0.136. The molecule has 0 fully saturated rings. The summed E-state index contributed by atoms with van der Waals surface area (Å²) in [5.41, 5.74) is 2.45. The van der Waals surface area contributed by atoms with Crippen molar-refractivity contribution >= 4 is 11.9 Å². The summed E-state index contributed by atoms with van der Waals surface area (Å²) in [7, 11) is 1.52. The minimum Gasteiger partial charge on any atom is -0.508 e. The highest BCUT2D eigenvalue weighted by Crippen LogP contribution is 2.37. The van der Waals surface area contributed by atoms with Crippen LogP contribution in [0.4, 0.5) is 0 Å². The van der Waals surface area contributed by atoms with E-state index >= 15 is 0 Å². The van der Waals surface area contributed by atoms with E-state index in [1.165, 1.54) is 37.5 Å². The Morgan fingerprint density at radius 3 is 2.27 bits per heavy atom. The molecule has 0 atom stereocenters. The molecule has 134 valence electrons. The second-order valence-electron chi connectivity index (χ2n) is 5.72. The normalized spacial score (nSPS) is 10.7. The third-order valence-corrected chi connectivity index (χ3v) is 3.93. The molecule has 2 N–H and O–H groups in total. The zero-order chi connectivity index (χ0) is 19.1. The van der Waals surface area contributed by atoms with Crippen molar-refractivity contribution in [2.45, 2.75) is 12.8 Å². The third kappa shape index (κ3) is 4.22. The number of methoxy groups -OCH3 is 1. The van der Waals surface area contributed by atoms with E-state index < -0.39 is 0 Å². The number of allylic oxidation sites excluding steroid dienone is 3. The molecule has 0 bridgehead atoms. The smallest absolute Gasteiger partial charge is 0.185 e. The van der Waals surface area contributed by atoms with Gasteiger partial charge in [0.15, 0.2) is 5.78 Å². The van der Waals surface area contributed by atoms with Crippen LogP contribution in [0.3, 0.4) is 0 Å². The van der Waals surface area contributed by atoms with E-state index in [1.54, 1.807) is 18.2 Å². The van der Waals surface area contributed by atoms with Crippen molar-refractivity contribution in [1.82, 2.24) is 0 Å². The SMILES string of the molecule is C=CCc1cc(CC=C)c(OC)c(/C=C/C(=O)c2ccc(O)cc2)c1O. The van der Waals surface area contributed by atoms with Gasteiger partial charge >= 0.3 is 0 Å². The molecule has 0 aliphatic carbocycles. The molecule has 2 aromatic rings. The van der Waals surface area contributed by atoms with Gasteiger partial charge in [-0.2, -0.15) is 0 Å². The predicted molar refractivity (Wildman–Crippen MR) is 104 cm³/mol. The first-order valence-corrected chi connectivity index (χ1v) is 8.16. The molecule has 0 aliphatic rings. The minimum atomic E-state index is -0.245. The Labute approximate surface area is 153 Å². The number of phenolic OH excluding ortho intramolecular Hbond substituents is 2. The number of ketones is 1. The van der Waals surface area contributed by atoms with Crippen molar-refractivity contribution < 1.29 is 19.7 Å². The zero-order valence-corrected chi connectivity index (χ0v) is 14.7. The lowest BCUT2D eigenvalue weighted by molar-refractivity contribution is 0.104. The van der Waals surface area contributed by atoms with Crippen molar-refractivity contribution in [3.05, 3.63) is 84.0 Å². The van der Waals surface area contributed by atoms with Gasteiger partial charge in [-0.15, -0.1) is 13.2 Å². The van der Waals surface area contributed by atoms with Gasteiger partial charge in [0.25, 0.3) is 0 Å². The quantitative estimate of drug-likeness (QED) is 0.419. The molecule has 0 aromatic heterocycles. The van der Waals surface area contributed by atoms with E-state index in [4.69, 9.17) is 4.74 Å². The predicted octanol–water partition coefficient (Wildman–Crippen LogP) is 4.46. The van der Waals surface area contributed by atoms with E-state index in [0.717, 1.165) is 5.56 Å². The van der Waals surface area contributed by atoms with E-state index in [-0.39, 0.29) is 17.3 Å². The highest BCUT2D eigenvalue weighted by atomic mass is 16.5. The zero-order valence-electron chi connectivity index (χ0n) is 14.7. The van der Waals surface area contributed by atoms with Gasteiger partial charge in [0, 0.05) is 5.56 Å². The highest BCUT2D eigenvalue weighted by Gasteiger charge is 2.16. The van der Waals surface area contributed by atoms with Gasteiger partial charge in [0.1, 0.15) is 17.2 Å². The van der Waals surface area contributed by atoms with Crippen LogP contribution >= 0.6 is 0 Å². The number of hydrogen-bond acceptors (Lipinski definition) is 4. The van der Waals surface area contributed by atoms with E-state index in [1.807, 2.05) is 6.07 Å². The first-order valence-electron chi connectivity index (χ1n) is 8.16. The van der Waals surface area contributed by atoms with Gasteiger partial charge in [0.2, 0.25) is 0 Å². The lowest BCUT2D eigenvalue weighted by Gasteiger charge is -2.15. The molecule has 4 heteroatoms. The van der Waals surface area contributed by atoms with E-state index in [9.17, 15) is 15.0 Å². The average Bonchev–Trinajstić information content (AvgIpc) is 2.63. The summed E-state index contributed by atoms with van der Waals surface area (Å²) in [6.45, 7) is 7.46. The van der Waals surface area contributed by atoms with Gasteiger partial charge in [-0.25, -0.2) is 0 Å². The maximum absolute atomic E-state index is 12.3. The van der Waals surface area contributed by atoms with Gasteiger partial charge < -0.3 is 14.9 Å². The fourth-order valence-corrected chi connectivity index (χ4v) is 2.69. The van der Waals surface area contributed by atoms with Crippen LogP contribution in [0.1, 0.15) is 27.0 Å². The Hall–Kier alpha value is -3.27. The van der Waals surface area contributed by atoms with Crippen LogP contribution in [-0.4, -0.2) is 23.1 Å². The van der Waals surface area contributed by atoms with Crippen LogP contribution in [0.2, 0.25) is 0 Å². The molecule has 0 aliphatic heterocycles. The van der Waals surface area contributed by atoms with Gasteiger partial charge in [0.05, 0.1) is 12.7 Å². The third-order valence-electron chi connectivity index (χ3n) is 3.93. The molecule has 0 heterocycles. The molecule has 2 aromatic carbocycles. The Balaban J connectivity index is 2.48. The van der Waals surface area contributed by atoms with Crippen molar-refractivity contribution in [3.63, 3.8) is 0 Å². The van der Waals surface area contributed by atoms with Crippen LogP contribution in [0.5, 0.6) is 17.2 Å². The number of carbonyl (C=O) groups is 1. The highest BCUT2D eigenvalue weighted by molar-refractivity contribution is 6.07. The number of benzene rings is 2. The second-order valence-corrected chi connectivity index (χ2v) is 5.72. The Kier molecular flexibility index (Phi) is 6.39. The Bertz CT molecular complexity index is 845. The lowest BCUT2D eigenvalue weighted by atomic mass is 9.97. The summed E-state index contributed by atoms with van der Waals surface area (Å²) in [4.78, 5) is 12.3. The van der Waals surface area contributed by atoms with Crippen LogP contribution < -0.4 is 4.74 Å². The average molecular weight is 350 g/mol. The first-order chi connectivity index (χ1) is 12.5. The molecule has 4 nitrogen and oxygen atoms in total. The molecule has 2 rings (SSSR count). The Morgan fingerprint density at radius 2 is 1.69 bits per heavy atom. The van der Waals surface area contributed by atoms with Crippen molar-refractivity contribution in [3.8, 4) is 17.2 Å². The fourth-order valence-electron chi connectivity index (χ4n) is 2.69. The molecule has 26 heavy (non-hydrogen) atoms. The van der Waals surface area contributed by atoms with Crippen LogP contribution in [0, 0.1) is 0 Å². The molecular formula is C22H22O4. The van der Waals surface area contributed by atoms with Crippen molar-refractivity contribution in [2.75, 3.05) is 7.11 Å². The molecule has 0 spiro atoms. The maximum atomic E-state index is 12.3. The molecular weight excluding hydrogens is 328 g/mol. The number of ether oxygens (including phenoxy) is 1. The first kappa shape index (κ1) is 19.1. The number of carbonyl (C=O) groups excluding carboxylic acids is 1. The van der Waals surface area contributed by atoms with Gasteiger partial charge in [-0.05, 0) is 66.5 Å². The largest absolute Gasteiger partial charge is 0.508 e. The summed E-state index contributed by atoms with van der Waals surface area (Å²) in [6, 6.07) is 7.83. The summed E-state index contributed by atoms with van der Waals surface area (Å²) < 4.78 is 5.47. The summed E-state index contributed by atoms with van der Waals surface area (Å²) in [5.74, 6) is 0.413. The summed E-state index contributed by atoms with van der Waals surface area (Å²) in [6.07, 6.45) is 7.44. The number of phenols is 2. The van der Waals surface area contributed by atoms with Crippen LogP contribution in [-0.2, 0) is 12.8 Å². The lowest BCUT2D eigenvalue weighted by Crippen LogP contribution is -1.99. The van der Waals surface area contributed by atoms with Gasteiger partial charge in [-0.1, -0.05) is 12.2 Å². The number of rotatable bonds is 8. The van der Waals surface area contributed by atoms with Crippen molar-refractivity contribution in [2.24, 2.45) is 0 Å². The Morgan fingerprint density at radius 1 is 1.08 bits per heavy atom. The summed E-state index contributed by atoms with van der Waals surface area (Å²) in [5, 5.41) is 19.9. The molecule has 0 radical (unpaired) electrons. The van der Waals surface area contributed by atoms with Crippen LogP contribution in [0.25, 0.3) is 6.08 Å². The van der Waals surface area contributed by atoms with Crippen molar-refractivity contribution in [1.29, 1.82) is 0 Å². The molecule has 0 unspecified atom stereocenters. The second kappa shape index (κ2) is 8.72. The number of hydrogen-bond donors (Lipinski definition) is 2. The molecule has 0 saturated carbocycles. The monoisotopic (exact) mass is 350 g/mol. The number of aromatic hydroxyl groups is 2. The summed E-state index contributed by atoms with van der Waals surface area (Å²) >= 11 is 0. The topological polar surface area (TPSA) is 66.8 Å². The van der Waals surface area contributed by atoms with E-state index in [0.29, 0.717) is 35.3 Å². The van der Waals surface area contributed by atoms with Crippen LogP contribution in [0.15, 0.2) is 61.7 Å². The standard InChI is InChI=1S/C22H22O4/c1-4-6-16-14-17(7-5-2)22(26-3)19(21(16)25)12-13-20(24)15-8-10-18(23)11-9-15/h4-5,8-14,23,25H,1-2,6-7H2,3H3/b13-12+. The van der Waals surface area contributed by atoms with Gasteiger partial charge in [-0.3, -0.25) is 4.79 Å². The minimum absolute atomic E-state index is 0.0596. The maximum Gasteiger partial charge on any atom is 0.185 e. The molecule has 0 amide bonds. The molecule has 0 saturated heterocycles. The van der Waals surface area contributed by atoms with E-state index in [2.05, 4.69) is 13.2 Å².